The van der Waals surface area contributed by atoms with E-state index in [9.17, 15) is 67.4 Å². The lowest BCUT2D eigenvalue weighted by Gasteiger charge is -2.41. The summed E-state index contributed by atoms with van der Waals surface area (Å²) in [4.78, 5) is 183. The number of thioether (sulfide) groups is 1. The molecule has 0 aliphatic carbocycles. The maximum Gasteiger partial charge on any atom is 0.410 e. The molecule has 2 heterocycles. The molecule has 0 saturated carbocycles. The van der Waals surface area contributed by atoms with Crippen LogP contribution in [0.3, 0.4) is 0 Å². The Balaban J connectivity index is 1.35. The lowest BCUT2D eigenvalue weighted by Crippen LogP contribution is -2.55. The summed E-state index contributed by atoms with van der Waals surface area (Å²) in [5.41, 5.74) is 12.2. The van der Waals surface area contributed by atoms with E-state index >= 15 is 0 Å². The highest BCUT2D eigenvalue weighted by Crippen LogP contribution is 2.33. The van der Waals surface area contributed by atoms with Gasteiger partial charge in [-0.1, -0.05) is 118 Å². The first-order chi connectivity index (χ1) is 49.6. The summed E-state index contributed by atoms with van der Waals surface area (Å²) < 4.78 is 17.8. The molecule has 2 aromatic rings. The molecule has 2 aliphatic heterocycles. The molecule has 4 rings (SSSR count). The predicted molar refractivity (Wildman–Crippen MR) is 392 cm³/mol. The van der Waals surface area contributed by atoms with Crippen LogP contribution in [-0.4, -0.2) is 214 Å². The zero-order valence-electron chi connectivity index (χ0n) is 63.4. The lowest BCUT2D eigenvalue weighted by atomic mass is 9.83. The van der Waals surface area contributed by atoms with E-state index in [2.05, 4.69) is 31.5 Å². The first-order valence-corrected chi connectivity index (χ1v) is 37.2. The van der Waals surface area contributed by atoms with E-state index in [1.807, 2.05) is 45.9 Å². The number of ether oxygens (including phenoxy) is 3. The van der Waals surface area contributed by atoms with Crippen molar-refractivity contribution in [1.82, 2.24) is 40.9 Å². The third-order valence-corrected chi connectivity index (χ3v) is 21.1. The topological polar surface area (TPSA) is 424 Å². The Morgan fingerprint density at radius 2 is 1.41 bits per heavy atom. The van der Waals surface area contributed by atoms with Crippen molar-refractivity contribution in [2.75, 3.05) is 59.9 Å². The SMILES string of the molecule is CC[C@H](C)[C@@H]([C@@H](CC(=O)N1CCC[C@H]1[C@H](OC)[C@@H](C)C(=O)N[C@H](C)[C@@H](O)c1ccccc1)OC)N(C)C(=O)[C@H](CC(=O)[C@H](C(C)C)N(C)C(=O)OCc1ccc(NC(=O)[C@H](CCCNC(N)=O)CC(=O)[C@@H](NC(=O)CCCCCN2C(=O)CC(SC(NC(=O)COO)C(N)=O)C2=O)C(C)C)cc1)C(C)C. The van der Waals surface area contributed by atoms with Crippen LogP contribution in [0.2, 0.25) is 0 Å². The number of nitrogens with two attached hydrogens (primary N) is 2. The van der Waals surface area contributed by atoms with Crippen molar-refractivity contribution in [2.24, 2.45) is 52.9 Å². The predicted octanol–water partition coefficient (Wildman–Crippen LogP) is 5.61. The Morgan fingerprint density at radius 1 is 0.743 bits per heavy atom. The van der Waals surface area contributed by atoms with Crippen LogP contribution >= 0.6 is 11.8 Å². The van der Waals surface area contributed by atoms with E-state index in [4.69, 9.17) is 30.9 Å². The highest BCUT2D eigenvalue weighted by atomic mass is 32.2. The molecule has 586 valence electrons. The van der Waals surface area contributed by atoms with E-state index in [0.717, 1.165) is 4.90 Å². The van der Waals surface area contributed by atoms with Gasteiger partial charge in [-0.25, -0.2) is 14.5 Å². The molecule has 0 radical (unpaired) electrons. The first-order valence-electron chi connectivity index (χ1n) is 36.3. The van der Waals surface area contributed by atoms with Gasteiger partial charge in [-0.15, -0.1) is 11.8 Å². The van der Waals surface area contributed by atoms with Gasteiger partial charge in [-0.2, -0.15) is 0 Å². The zero-order valence-corrected chi connectivity index (χ0v) is 64.2. The molecule has 2 saturated heterocycles. The fourth-order valence-electron chi connectivity index (χ4n) is 13.6. The Labute approximate surface area is 621 Å². The first kappa shape index (κ1) is 89.3. The van der Waals surface area contributed by atoms with Gasteiger partial charge in [-0.3, -0.25) is 62.9 Å². The molecule has 0 spiro atoms. The number of primary amides is 2. The zero-order chi connectivity index (χ0) is 78.5. The van der Waals surface area contributed by atoms with Crippen molar-refractivity contribution in [3.05, 3.63) is 65.7 Å². The Bertz CT molecular complexity index is 3240. The molecule has 11 N–H and O–H groups in total. The Hall–Kier alpha value is -8.10. The van der Waals surface area contributed by atoms with Gasteiger partial charge in [-0.05, 0) is 92.4 Å². The largest absolute Gasteiger partial charge is 0.445 e. The molecule has 0 aromatic heterocycles. The number of unbranched alkanes of at least 4 members (excludes halogenated alkanes) is 2. The number of benzene rings is 2. The molecule has 12 amide bonds. The molecule has 2 fully saturated rings. The number of hydrogen-bond donors (Lipinski definition) is 9. The van der Waals surface area contributed by atoms with E-state index in [1.165, 1.54) is 26.2 Å². The Morgan fingerprint density at radius 3 is 1.99 bits per heavy atom. The number of methoxy groups -OCH3 is 2. The second-order valence-corrected chi connectivity index (χ2v) is 29.9. The second kappa shape index (κ2) is 44.1. The number of ketones is 2. The maximum absolute atomic E-state index is 14.9. The van der Waals surface area contributed by atoms with Crippen molar-refractivity contribution in [1.29, 1.82) is 0 Å². The minimum atomic E-state index is -1.37. The number of Topliss-reactive ketones (excluding diaryl/α,β-unsaturated/α-hetero) is 2. The van der Waals surface area contributed by atoms with Crippen LogP contribution < -0.4 is 38.1 Å². The minimum absolute atomic E-state index is 0.00284. The summed E-state index contributed by atoms with van der Waals surface area (Å²) in [5, 5.41) is 30.4. The number of carbonyl (C=O) groups is 13. The number of hydrogen-bond acceptors (Lipinski definition) is 20. The third kappa shape index (κ3) is 27.0. The summed E-state index contributed by atoms with van der Waals surface area (Å²) >= 11 is 0.692. The lowest BCUT2D eigenvalue weighted by molar-refractivity contribution is -0.238. The van der Waals surface area contributed by atoms with Crippen LogP contribution in [0.25, 0.3) is 0 Å². The van der Waals surface area contributed by atoms with Gasteiger partial charge in [0.2, 0.25) is 41.4 Å². The normalized spacial score (nSPS) is 18.0. The quantitative estimate of drug-likeness (QED) is 0.0128. The van der Waals surface area contributed by atoms with Crippen LogP contribution in [-0.2, 0) is 78.4 Å². The molecule has 30 nitrogen and oxygen atoms in total. The van der Waals surface area contributed by atoms with Crippen molar-refractivity contribution in [2.45, 2.75) is 218 Å². The van der Waals surface area contributed by atoms with E-state index < -0.39 is 143 Å². The monoisotopic (exact) mass is 1490 g/mol. The number of urea groups is 1. The summed E-state index contributed by atoms with van der Waals surface area (Å²) in [6.45, 7) is 17.8. The average molecular weight is 1490 g/mol. The van der Waals surface area contributed by atoms with Gasteiger partial charge in [0.15, 0.2) is 23.5 Å². The van der Waals surface area contributed by atoms with Crippen molar-refractivity contribution in [3.8, 4) is 0 Å². The van der Waals surface area contributed by atoms with Crippen LogP contribution in [0.4, 0.5) is 15.3 Å². The fourth-order valence-corrected chi connectivity index (χ4v) is 14.8. The summed E-state index contributed by atoms with van der Waals surface area (Å²) in [7, 11) is 6.15. The maximum atomic E-state index is 14.9. The van der Waals surface area contributed by atoms with E-state index in [1.54, 1.807) is 94.8 Å². The van der Waals surface area contributed by atoms with E-state index in [0.29, 0.717) is 73.6 Å². The number of likely N-dealkylation sites (N-methyl/N-ethyl adjacent to an activating group) is 2. The number of amides is 12. The number of imide groups is 1. The van der Waals surface area contributed by atoms with Gasteiger partial charge in [0.25, 0.3) is 11.8 Å². The van der Waals surface area contributed by atoms with Gasteiger partial charge in [0.1, 0.15) is 6.61 Å². The summed E-state index contributed by atoms with van der Waals surface area (Å²) in [6, 6.07) is 11.1. The number of nitrogens with zero attached hydrogens (tertiary/aromatic N) is 4. The number of aliphatic hydroxyl groups excluding tert-OH is 1. The number of anilines is 1. The molecular weight excluding hydrogens is 1380 g/mol. The van der Waals surface area contributed by atoms with Gasteiger partial charge in [0, 0.05) is 91.2 Å². The molecule has 105 heavy (non-hydrogen) atoms. The number of carbonyl (C=O) groups excluding carboxylic acids is 13. The van der Waals surface area contributed by atoms with Crippen molar-refractivity contribution < 1.29 is 91.8 Å². The van der Waals surface area contributed by atoms with Gasteiger partial charge < -0.3 is 72.1 Å². The molecular formula is C74H115N11O19S. The third-order valence-electron chi connectivity index (χ3n) is 19.7. The number of nitrogens with one attached hydrogen (secondary N) is 5. The van der Waals surface area contributed by atoms with Crippen LogP contribution in [0.1, 0.15) is 170 Å². The number of aliphatic hydroxyl groups is 1. The molecule has 31 heteroatoms. The molecule has 14 atom stereocenters. The average Bonchev–Trinajstić information content (AvgIpc) is 1.80. The van der Waals surface area contributed by atoms with Crippen LogP contribution in [0.5, 0.6) is 0 Å². The molecule has 2 unspecified atom stereocenters. The smallest absolute Gasteiger partial charge is 0.410 e. The molecule has 0 bridgehead atoms. The molecule has 2 aromatic carbocycles. The van der Waals surface area contributed by atoms with E-state index in [-0.39, 0.29) is 106 Å². The summed E-state index contributed by atoms with van der Waals surface area (Å²) in [6.07, 6.45) is -0.567. The fraction of sp³-hybridized carbons (Fsp3) is 0.662. The number of likely N-dealkylation sites (tertiary alicyclic amines) is 2. The number of rotatable bonds is 46. The van der Waals surface area contributed by atoms with Crippen molar-refractivity contribution in [3.63, 3.8) is 0 Å². The van der Waals surface area contributed by atoms with Gasteiger partial charge in [0.05, 0.1) is 66.1 Å². The standard InChI is InChI=1S/C74H115N11O19S/c1-15-45(8)64(56(101-13)38-60(90)84-35-23-27-53(84)66(102-14)46(9)68(94)78-47(10)65(92)49-24-18-16-19-25-49)82(11)71(96)52(42(2)3)37-55(87)63(44(6)7)83(12)74(99)103-40-48-29-31-51(32-30-48)79-69(95)50(26-22-33-77-73(76)98)36-54(86)62(43(4)5)80-58(88)28-20-17-21-34-85-61(91)39-57(72(85)97)105-70(67(75)93)81-59(89)41-104-100/h16,18-19,24-25,29-32,42-47,50,52-53,56-57,62-66,70,92,100H,15,17,20-23,26-28,33-41H2,1-14H3,(H2,75,93)(H,78,94)(H,79,95)(H,80,88)(H,81,89)(H3,76,77,98)/t45-,46+,47+,50+,52+,53-,56+,57?,62-,63-,64-,65+,66+,70?/m0/s1. The molecule has 2 aliphatic rings. The minimum Gasteiger partial charge on any atom is -0.445 e. The Kier molecular flexibility index (Phi) is 37.5. The van der Waals surface area contributed by atoms with Crippen molar-refractivity contribution >= 4 is 94.3 Å². The highest BCUT2D eigenvalue weighted by molar-refractivity contribution is 8.01. The summed E-state index contributed by atoms with van der Waals surface area (Å²) in [5.74, 6) is -9.23. The van der Waals surface area contributed by atoms with Crippen LogP contribution in [0, 0.1) is 41.4 Å². The van der Waals surface area contributed by atoms with Crippen LogP contribution in [0.15, 0.2) is 54.6 Å². The van der Waals surface area contributed by atoms with Gasteiger partial charge >= 0.3 is 12.1 Å². The highest BCUT2D eigenvalue weighted by Gasteiger charge is 2.45. The second-order valence-electron chi connectivity index (χ2n) is 28.5.